The normalized spacial score (nSPS) is 13.7. The Hall–Kier alpha value is -7.42. The van der Waals surface area contributed by atoms with Gasteiger partial charge in [0.05, 0.1) is 45.7 Å². The fourth-order valence-electron chi connectivity index (χ4n) is 8.38. The third kappa shape index (κ3) is 9.87. The van der Waals surface area contributed by atoms with Crippen LogP contribution in [0.2, 0.25) is 0 Å². The van der Waals surface area contributed by atoms with Crippen molar-refractivity contribution >= 4 is 53.7 Å². The number of hydrogen-bond donors (Lipinski definition) is 3. The zero-order chi connectivity index (χ0) is 51.2. The van der Waals surface area contributed by atoms with Gasteiger partial charge >= 0.3 is 24.2 Å². The van der Waals surface area contributed by atoms with E-state index in [9.17, 15) is 49.5 Å². The van der Waals surface area contributed by atoms with Crippen LogP contribution in [0, 0.1) is 0 Å². The van der Waals surface area contributed by atoms with Crippen LogP contribution in [0.25, 0.3) is 32.9 Å². The highest BCUT2D eigenvalue weighted by Gasteiger charge is 2.40. The van der Waals surface area contributed by atoms with Crippen LogP contribution in [-0.4, -0.2) is 61.2 Å². The summed E-state index contributed by atoms with van der Waals surface area (Å²) in [5, 5.41) is 16.7. The molecule has 0 aliphatic rings. The van der Waals surface area contributed by atoms with E-state index in [1.807, 2.05) is 10.6 Å². The summed E-state index contributed by atoms with van der Waals surface area (Å²) in [6.45, 7) is 2.65. The van der Waals surface area contributed by atoms with E-state index in [4.69, 9.17) is 4.74 Å². The van der Waals surface area contributed by atoms with Gasteiger partial charge in [-0.25, -0.2) is 24.8 Å². The molecular weight excluding hydrogens is 975 g/mol. The number of benzene rings is 6. The third-order valence-electron chi connectivity index (χ3n) is 12.0. The maximum Gasteiger partial charge on any atom is 0.471 e. The topological polar surface area (TPSA) is 166 Å². The second kappa shape index (κ2) is 19.1. The summed E-state index contributed by atoms with van der Waals surface area (Å²) in [6, 6.07) is 34.0. The van der Waals surface area contributed by atoms with Crippen LogP contribution in [-0.2, 0) is 36.1 Å². The van der Waals surface area contributed by atoms with Crippen LogP contribution in [0.15, 0.2) is 162 Å². The molecule has 71 heavy (non-hydrogen) atoms. The van der Waals surface area contributed by atoms with Crippen LogP contribution in [0.1, 0.15) is 65.5 Å². The molecule has 20 heteroatoms. The summed E-state index contributed by atoms with van der Waals surface area (Å²) < 4.78 is 147. The third-order valence-corrected chi connectivity index (χ3v) is 15.5. The first-order chi connectivity index (χ1) is 33.5. The van der Waals surface area contributed by atoms with Gasteiger partial charge in [0.15, 0.2) is 0 Å². The zero-order valence-electron chi connectivity index (χ0n) is 37.7. The lowest BCUT2D eigenvalue weighted by Crippen LogP contribution is -2.38. The zero-order valence-corrected chi connectivity index (χ0v) is 39.3. The number of rotatable bonds is 14. The molecule has 8 aromatic rings. The van der Waals surface area contributed by atoms with Gasteiger partial charge in [0, 0.05) is 29.0 Å². The predicted molar refractivity (Wildman–Crippen MR) is 252 cm³/mol. The van der Waals surface area contributed by atoms with E-state index in [1.54, 1.807) is 66.7 Å². The van der Waals surface area contributed by atoms with Crippen LogP contribution in [0.4, 0.5) is 26.3 Å². The van der Waals surface area contributed by atoms with Gasteiger partial charge in [0.1, 0.15) is 11.9 Å². The first kappa shape index (κ1) is 50.0. The average Bonchev–Trinajstić information content (AvgIpc) is 3.93. The number of methoxy groups -OCH3 is 1. The minimum atomic E-state index is -5.23. The highest BCUT2D eigenvalue weighted by molar-refractivity contribution is 7.90. The van der Waals surface area contributed by atoms with Crippen LogP contribution >= 0.6 is 0 Å². The lowest BCUT2D eigenvalue weighted by molar-refractivity contribution is -0.174. The van der Waals surface area contributed by atoms with Crippen molar-refractivity contribution in [1.82, 2.24) is 18.6 Å². The number of amides is 2. The Bertz CT molecular complexity index is 3560. The fraction of sp³-hybridized carbons (Fsp3) is 0.176. The van der Waals surface area contributed by atoms with Crippen molar-refractivity contribution in [2.45, 2.75) is 60.6 Å². The van der Waals surface area contributed by atoms with Crippen molar-refractivity contribution in [2.75, 3.05) is 7.11 Å². The van der Waals surface area contributed by atoms with Gasteiger partial charge < -0.3 is 20.5 Å². The molecule has 2 aromatic heterocycles. The lowest BCUT2D eigenvalue weighted by Gasteiger charge is -2.22. The largest absolute Gasteiger partial charge is 0.497 e. The van der Waals surface area contributed by atoms with Gasteiger partial charge in [-0.1, -0.05) is 91.0 Å². The lowest BCUT2D eigenvalue weighted by atomic mass is 9.91. The molecule has 0 fully saturated rings. The summed E-state index contributed by atoms with van der Waals surface area (Å²) in [6.07, 6.45) is -10.6. The Morgan fingerprint density at radius 2 is 1.18 bits per heavy atom. The van der Waals surface area contributed by atoms with Gasteiger partial charge in [-0.2, -0.15) is 26.3 Å². The van der Waals surface area contributed by atoms with Gasteiger partial charge in [0.25, 0.3) is 20.0 Å². The van der Waals surface area contributed by atoms with Crippen LogP contribution in [0.3, 0.4) is 0 Å². The van der Waals surface area contributed by atoms with Gasteiger partial charge in [-0.05, 0) is 102 Å². The SMILES string of the molecule is COc1ccc(S(=O)(=O)n2c(C(O)c3ccc([C@H](C)NC(=O)C(F)(F)F)cc3)cc3ccccc32)c(-c2cc([C@H](C)NC(=O)C(F)(F)F)ccc2Cc2cn(S(=O)(=O)c3ccccc3)c3ccccc23)c1. The number of fused-ring (bicyclic) bond motifs is 2. The molecule has 0 bridgehead atoms. The minimum absolute atomic E-state index is 0.0157. The quantitative estimate of drug-likeness (QED) is 0.0906. The molecule has 0 aliphatic carbocycles. The van der Waals surface area contributed by atoms with Crippen molar-refractivity contribution in [3.8, 4) is 16.9 Å². The number of halogens is 6. The standard InChI is InChI=1S/C51H42F6N4O8S2/c1-30(58-48(63)50(52,53)54)32-17-19-33(20-18-32)47(62)45-27-36-11-7-9-15-43(36)61(45)71(67,68)46-24-23-38(69-3)28-42(46)41-26-34(31(2)59-49(64)51(55,56)57)21-22-35(41)25-37-29-60(44-16-10-8-14-40(37)44)70(65,66)39-12-5-4-6-13-39/h4-24,26-31,47,62H,25H2,1-3H3,(H,58,63)(H,59,64)/t30-,31-,47?/m0/s1. The number of hydrogen-bond acceptors (Lipinski definition) is 8. The number of nitrogens with zero attached hydrogens (tertiary/aromatic N) is 2. The van der Waals surface area contributed by atoms with E-state index >= 15 is 8.42 Å². The smallest absolute Gasteiger partial charge is 0.471 e. The van der Waals surface area contributed by atoms with Crippen molar-refractivity contribution in [1.29, 1.82) is 0 Å². The fourth-order valence-corrected chi connectivity index (χ4v) is 11.5. The Labute approximate surface area is 403 Å². The number of nitrogens with one attached hydrogen (secondary N) is 2. The number of aliphatic hydroxyl groups is 1. The van der Waals surface area contributed by atoms with Crippen molar-refractivity contribution in [2.24, 2.45) is 0 Å². The van der Waals surface area contributed by atoms with E-state index in [-0.39, 0.29) is 61.0 Å². The second-order valence-corrected chi connectivity index (χ2v) is 20.2. The molecular formula is C51H42F6N4O8S2. The molecule has 8 rings (SSSR count). The predicted octanol–water partition coefficient (Wildman–Crippen LogP) is 9.90. The first-order valence-corrected chi connectivity index (χ1v) is 24.5. The maximum absolute atomic E-state index is 15.6. The Morgan fingerprint density at radius 1 is 0.620 bits per heavy atom. The average molecular weight is 1020 g/mol. The monoisotopic (exact) mass is 1020 g/mol. The van der Waals surface area contributed by atoms with Crippen molar-refractivity contribution < 1.29 is 62.6 Å². The molecule has 2 heterocycles. The molecule has 0 aliphatic heterocycles. The van der Waals surface area contributed by atoms with Crippen LogP contribution < -0.4 is 15.4 Å². The number of aliphatic hydroxyl groups excluding tert-OH is 1. The maximum atomic E-state index is 15.6. The number of aromatic nitrogens is 2. The molecule has 368 valence electrons. The number of carbonyl (C=O) groups is 2. The summed E-state index contributed by atoms with van der Waals surface area (Å²) >= 11 is 0. The second-order valence-electron chi connectivity index (χ2n) is 16.6. The van der Waals surface area contributed by atoms with E-state index < -0.39 is 62.4 Å². The van der Waals surface area contributed by atoms with E-state index in [0.717, 1.165) is 7.94 Å². The molecule has 3 N–H and O–H groups in total. The highest BCUT2D eigenvalue weighted by Crippen LogP contribution is 2.41. The number of carbonyl (C=O) groups excluding carboxylic acids is 2. The van der Waals surface area contributed by atoms with E-state index in [2.05, 4.69) is 0 Å². The molecule has 0 spiro atoms. The van der Waals surface area contributed by atoms with Gasteiger partial charge in [-0.3, -0.25) is 9.59 Å². The number of alkyl halides is 6. The van der Waals surface area contributed by atoms with Crippen molar-refractivity contribution in [3.63, 3.8) is 0 Å². The van der Waals surface area contributed by atoms with Crippen molar-refractivity contribution in [3.05, 3.63) is 185 Å². The first-order valence-electron chi connectivity index (χ1n) is 21.6. The highest BCUT2D eigenvalue weighted by atomic mass is 32.2. The van der Waals surface area contributed by atoms with Crippen LogP contribution in [0.5, 0.6) is 5.75 Å². The molecule has 12 nitrogen and oxygen atoms in total. The minimum Gasteiger partial charge on any atom is -0.497 e. The summed E-state index contributed by atoms with van der Waals surface area (Å²) in [4.78, 5) is 23.4. The molecule has 0 saturated heterocycles. The van der Waals surface area contributed by atoms with E-state index in [0.29, 0.717) is 27.4 Å². The Kier molecular flexibility index (Phi) is 13.4. The molecule has 1 unspecified atom stereocenters. The molecule has 2 amide bonds. The summed E-state index contributed by atoms with van der Waals surface area (Å²) in [5.74, 6) is -4.20. The Balaban J connectivity index is 1.29. The summed E-state index contributed by atoms with van der Waals surface area (Å²) in [7, 11) is -7.67. The van der Waals surface area contributed by atoms with Gasteiger partial charge in [0.2, 0.25) is 0 Å². The number of ether oxygens (including phenoxy) is 1. The molecule has 6 aromatic carbocycles. The molecule has 0 radical (unpaired) electrons. The molecule has 0 saturated carbocycles. The summed E-state index contributed by atoms with van der Waals surface area (Å²) in [5.41, 5.74) is 1.83. The van der Waals surface area contributed by atoms with E-state index in [1.165, 1.54) is 106 Å². The Morgan fingerprint density at radius 3 is 1.82 bits per heavy atom. The molecule has 3 atom stereocenters. The number of para-hydroxylation sites is 2. The van der Waals surface area contributed by atoms with Gasteiger partial charge in [-0.15, -0.1) is 0 Å².